The fraction of sp³-hybridized carbons (Fsp3) is 0.100. The van der Waals surface area contributed by atoms with Crippen molar-refractivity contribution in [3.63, 3.8) is 0 Å². The number of allylic oxidation sites excluding steroid dienone is 1. The van der Waals surface area contributed by atoms with Gasteiger partial charge in [-0.2, -0.15) is 5.26 Å². The Balaban J connectivity index is 1.91. The lowest BCUT2D eigenvalue weighted by atomic mass is 10.1. The molecule has 0 spiro atoms. The van der Waals surface area contributed by atoms with Gasteiger partial charge in [0.05, 0.1) is 17.9 Å². The maximum absolute atomic E-state index is 9.51. The van der Waals surface area contributed by atoms with Crippen LogP contribution < -0.4 is 4.74 Å². The Morgan fingerprint density at radius 3 is 2.79 bits per heavy atom. The molecule has 3 nitrogen and oxygen atoms in total. The summed E-state index contributed by atoms with van der Waals surface area (Å²) in [5.41, 5.74) is 3.42. The van der Waals surface area contributed by atoms with Crippen LogP contribution in [0.15, 0.2) is 60.0 Å². The lowest BCUT2D eigenvalue weighted by molar-refractivity contribution is 0.340. The Labute approximate surface area is 145 Å². The van der Waals surface area contributed by atoms with Crippen LogP contribution in [-0.4, -0.2) is 11.6 Å². The summed E-state index contributed by atoms with van der Waals surface area (Å²) in [7, 11) is 0. The summed E-state index contributed by atoms with van der Waals surface area (Å²) >= 11 is 1.48. The third-order valence-corrected chi connectivity index (χ3v) is 4.28. The van der Waals surface area contributed by atoms with E-state index in [4.69, 9.17) is 4.74 Å². The standard InChI is InChI=1S/C20H16N2OS/c1-2-23-18-10-6-7-15(12-18)11-17(13-21)20-22-19(14-24-20)16-8-4-3-5-9-16/h3-12,14H,2H2,1H3/b17-11-. The van der Waals surface area contributed by atoms with Crippen LogP contribution in [0, 0.1) is 11.3 Å². The third kappa shape index (κ3) is 3.70. The normalized spacial score (nSPS) is 11.1. The molecule has 4 heteroatoms. The van der Waals surface area contributed by atoms with E-state index in [1.165, 1.54) is 11.3 Å². The maximum atomic E-state index is 9.51. The first kappa shape index (κ1) is 16.0. The summed E-state index contributed by atoms with van der Waals surface area (Å²) in [5, 5.41) is 12.2. The molecule has 0 saturated heterocycles. The van der Waals surface area contributed by atoms with Crippen molar-refractivity contribution in [1.82, 2.24) is 4.98 Å². The Morgan fingerprint density at radius 2 is 2.04 bits per heavy atom. The maximum Gasteiger partial charge on any atom is 0.134 e. The first-order valence-electron chi connectivity index (χ1n) is 7.66. The zero-order chi connectivity index (χ0) is 16.8. The quantitative estimate of drug-likeness (QED) is 0.598. The molecule has 0 unspecified atom stereocenters. The van der Waals surface area contributed by atoms with Crippen LogP contribution >= 0.6 is 11.3 Å². The van der Waals surface area contributed by atoms with Gasteiger partial charge in [-0.25, -0.2) is 4.98 Å². The highest BCUT2D eigenvalue weighted by Gasteiger charge is 2.09. The van der Waals surface area contributed by atoms with Crippen molar-refractivity contribution in [3.8, 4) is 23.1 Å². The molecule has 0 saturated carbocycles. The second-order valence-electron chi connectivity index (χ2n) is 5.08. The first-order valence-corrected chi connectivity index (χ1v) is 8.54. The van der Waals surface area contributed by atoms with Gasteiger partial charge in [-0.3, -0.25) is 0 Å². The van der Waals surface area contributed by atoms with E-state index in [0.29, 0.717) is 12.2 Å². The Morgan fingerprint density at radius 1 is 1.21 bits per heavy atom. The van der Waals surface area contributed by atoms with Crippen LogP contribution in [0.3, 0.4) is 0 Å². The molecule has 0 aliphatic heterocycles. The molecule has 1 aromatic heterocycles. The molecule has 24 heavy (non-hydrogen) atoms. The lowest BCUT2D eigenvalue weighted by Gasteiger charge is -2.03. The van der Waals surface area contributed by atoms with E-state index in [-0.39, 0.29) is 0 Å². The Hall–Kier alpha value is -2.90. The van der Waals surface area contributed by atoms with E-state index < -0.39 is 0 Å². The van der Waals surface area contributed by atoms with Gasteiger partial charge in [0.1, 0.15) is 16.8 Å². The average molecular weight is 332 g/mol. The molecule has 0 aliphatic carbocycles. The molecule has 0 amide bonds. The van der Waals surface area contributed by atoms with Crippen LogP contribution in [0.25, 0.3) is 22.9 Å². The topological polar surface area (TPSA) is 45.9 Å². The van der Waals surface area contributed by atoms with Crippen molar-refractivity contribution < 1.29 is 4.74 Å². The molecule has 0 bridgehead atoms. The van der Waals surface area contributed by atoms with Crippen molar-refractivity contribution in [2.45, 2.75) is 6.92 Å². The van der Waals surface area contributed by atoms with Gasteiger partial charge in [0, 0.05) is 10.9 Å². The molecule has 0 N–H and O–H groups in total. The van der Waals surface area contributed by atoms with Crippen molar-refractivity contribution in [1.29, 1.82) is 5.26 Å². The summed E-state index contributed by atoms with van der Waals surface area (Å²) < 4.78 is 5.50. The molecule has 3 rings (SSSR count). The van der Waals surface area contributed by atoms with Gasteiger partial charge in [0.25, 0.3) is 0 Å². The summed E-state index contributed by atoms with van der Waals surface area (Å²) in [5.74, 6) is 0.799. The SMILES string of the molecule is CCOc1cccc(/C=C(/C#N)c2nc(-c3ccccc3)cs2)c1. The Kier molecular flexibility index (Phi) is 5.05. The van der Waals surface area contributed by atoms with Crippen LogP contribution in [0.1, 0.15) is 17.5 Å². The van der Waals surface area contributed by atoms with Crippen LogP contribution in [0.5, 0.6) is 5.75 Å². The molecule has 2 aromatic carbocycles. The molecular weight excluding hydrogens is 316 g/mol. The largest absolute Gasteiger partial charge is 0.494 e. The van der Waals surface area contributed by atoms with E-state index in [2.05, 4.69) is 11.1 Å². The van der Waals surface area contributed by atoms with Gasteiger partial charge >= 0.3 is 0 Å². The van der Waals surface area contributed by atoms with Crippen molar-refractivity contribution in [2.75, 3.05) is 6.61 Å². The predicted octanol–water partition coefficient (Wildman–Crippen LogP) is 5.27. The highest BCUT2D eigenvalue weighted by molar-refractivity contribution is 7.11. The second-order valence-corrected chi connectivity index (χ2v) is 5.94. The van der Waals surface area contributed by atoms with Gasteiger partial charge in [-0.15, -0.1) is 11.3 Å². The van der Waals surface area contributed by atoms with Gasteiger partial charge < -0.3 is 4.74 Å². The highest BCUT2D eigenvalue weighted by Crippen LogP contribution is 2.27. The van der Waals surface area contributed by atoms with Crippen molar-refractivity contribution in [3.05, 3.63) is 70.5 Å². The summed E-state index contributed by atoms with van der Waals surface area (Å²) in [6.45, 7) is 2.56. The summed E-state index contributed by atoms with van der Waals surface area (Å²) in [4.78, 5) is 4.60. The number of hydrogen-bond acceptors (Lipinski definition) is 4. The van der Waals surface area contributed by atoms with Crippen molar-refractivity contribution >= 4 is 23.0 Å². The smallest absolute Gasteiger partial charge is 0.134 e. The van der Waals surface area contributed by atoms with E-state index in [0.717, 1.165) is 27.6 Å². The van der Waals surface area contributed by atoms with E-state index in [1.807, 2.05) is 73.0 Å². The molecule has 3 aromatic rings. The fourth-order valence-electron chi connectivity index (χ4n) is 2.31. The minimum absolute atomic E-state index is 0.552. The Bertz CT molecular complexity index is 891. The fourth-order valence-corrected chi connectivity index (χ4v) is 3.10. The van der Waals surface area contributed by atoms with Crippen LogP contribution in [-0.2, 0) is 0 Å². The zero-order valence-electron chi connectivity index (χ0n) is 13.3. The summed E-state index contributed by atoms with van der Waals surface area (Å²) in [6.07, 6.45) is 1.84. The number of nitrogens with zero attached hydrogens (tertiary/aromatic N) is 2. The highest BCUT2D eigenvalue weighted by atomic mass is 32.1. The van der Waals surface area contributed by atoms with Gasteiger partial charge in [-0.1, -0.05) is 42.5 Å². The molecule has 118 valence electrons. The number of nitriles is 1. The minimum atomic E-state index is 0.552. The predicted molar refractivity (Wildman–Crippen MR) is 98.6 cm³/mol. The monoisotopic (exact) mass is 332 g/mol. The van der Waals surface area contributed by atoms with Crippen LogP contribution in [0.4, 0.5) is 0 Å². The first-order chi connectivity index (χ1) is 11.8. The molecule has 1 heterocycles. The molecule has 0 aliphatic rings. The van der Waals surface area contributed by atoms with Crippen LogP contribution in [0.2, 0.25) is 0 Å². The van der Waals surface area contributed by atoms with E-state index >= 15 is 0 Å². The molecule has 0 radical (unpaired) electrons. The minimum Gasteiger partial charge on any atom is -0.494 e. The second kappa shape index (κ2) is 7.58. The van der Waals surface area contributed by atoms with Crippen molar-refractivity contribution in [2.24, 2.45) is 0 Å². The zero-order valence-corrected chi connectivity index (χ0v) is 14.1. The van der Waals surface area contributed by atoms with Gasteiger partial charge in [-0.05, 0) is 30.7 Å². The lowest BCUT2D eigenvalue weighted by Crippen LogP contribution is -1.91. The van der Waals surface area contributed by atoms with Gasteiger partial charge in [0.2, 0.25) is 0 Å². The summed E-state index contributed by atoms with van der Waals surface area (Å²) in [6, 6.07) is 19.9. The number of aromatic nitrogens is 1. The number of hydrogen-bond donors (Lipinski definition) is 0. The van der Waals surface area contributed by atoms with E-state index in [9.17, 15) is 5.26 Å². The van der Waals surface area contributed by atoms with E-state index in [1.54, 1.807) is 0 Å². The number of rotatable bonds is 5. The number of benzene rings is 2. The third-order valence-electron chi connectivity index (χ3n) is 3.40. The number of ether oxygens (including phenoxy) is 1. The number of thiazole rings is 1. The molecule has 0 fully saturated rings. The van der Waals surface area contributed by atoms with Gasteiger partial charge in [0.15, 0.2) is 0 Å². The molecular formula is C20H16N2OS. The average Bonchev–Trinajstić information content (AvgIpc) is 3.11. The molecule has 0 atom stereocenters.